The highest BCUT2D eigenvalue weighted by atomic mass is 127. The van der Waals surface area contributed by atoms with E-state index in [9.17, 15) is 9.59 Å². The molecule has 2 aromatic carbocycles. The van der Waals surface area contributed by atoms with E-state index in [2.05, 4.69) is 38.5 Å². The Bertz CT molecular complexity index is 654. The summed E-state index contributed by atoms with van der Waals surface area (Å²) in [5, 5.41) is 8.37. The Morgan fingerprint density at radius 2 is 1.55 bits per heavy atom. The molecule has 0 fully saturated rings. The summed E-state index contributed by atoms with van der Waals surface area (Å²) in [7, 11) is 1.58. The van der Waals surface area contributed by atoms with Gasteiger partial charge in [-0.3, -0.25) is 9.59 Å². The topological polar surface area (TPSA) is 70.2 Å². The maximum absolute atomic E-state index is 11.9. The van der Waals surface area contributed by atoms with Crippen molar-refractivity contribution in [2.75, 3.05) is 24.2 Å². The van der Waals surface area contributed by atoms with Crippen LogP contribution in [0.25, 0.3) is 0 Å². The van der Waals surface area contributed by atoms with Gasteiger partial charge in [-0.1, -0.05) is 0 Å². The van der Waals surface area contributed by atoms with E-state index in [4.69, 9.17) is 0 Å². The Morgan fingerprint density at radius 1 is 0.955 bits per heavy atom. The third-order valence-corrected chi connectivity index (χ3v) is 3.67. The van der Waals surface area contributed by atoms with Gasteiger partial charge in [-0.05, 0) is 71.1 Å². The molecule has 0 aliphatic carbocycles. The van der Waals surface area contributed by atoms with Crippen LogP contribution in [0.3, 0.4) is 0 Å². The van der Waals surface area contributed by atoms with Gasteiger partial charge in [-0.15, -0.1) is 0 Å². The maximum atomic E-state index is 11.9. The van der Waals surface area contributed by atoms with Crippen LogP contribution in [0.1, 0.15) is 10.4 Å². The monoisotopic (exact) mass is 409 g/mol. The van der Waals surface area contributed by atoms with Gasteiger partial charge >= 0.3 is 0 Å². The van der Waals surface area contributed by atoms with Crippen LogP contribution in [0.4, 0.5) is 11.4 Å². The van der Waals surface area contributed by atoms with Gasteiger partial charge in [0.05, 0.1) is 6.54 Å². The Balaban J connectivity index is 1.86. The maximum Gasteiger partial charge on any atom is 0.251 e. The van der Waals surface area contributed by atoms with Gasteiger partial charge < -0.3 is 16.0 Å². The molecule has 0 radical (unpaired) electrons. The van der Waals surface area contributed by atoms with Crippen molar-refractivity contribution in [3.63, 3.8) is 0 Å². The van der Waals surface area contributed by atoms with Crippen molar-refractivity contribution in [3.8, 4) is 0 Å². The number of rotatable bonds is 5. The van der Waals surface area contributed by atoms with E-state index in [1.807, 2.05) is 24.3 Å². The van der Waals surface area contributed by atoms with Crippen LogP contribution in [0.5, 0.6) is 0 Å². The van der Waals surface area contributed by atoms with Gasteiger partial charge in [0.2, 0.25) is 5.91 Å². The van der Waals surface area contributed by atoms with Gasteiger partial charge in [0, 0.05) is 27.6 Å². The summed E-state index contributed by atoms with van der Waals surface area (Å²) in [6.07, 6.45) is 0. The van der Waals surface area contributed by atoms with Crippen LogP contribution < -0.4 is 16.0 Å². The highest BCUT2D eigenvalue weighted by Gasteiger charge is 2.05. The summed E-state index contributed by atoms with van der Waals surface area (Å²) in [4.78, 5) is 23.3. The quantitative estimate of drug-likeness (QED) is 0.666. The molecule has 0 aliphatic heterocycles. The molecule has 2 aromatic rings. The van der Waals surface area contributed by atoms with Crippen LogP contribution in [-0.4, -0.2) is 25.4 Å². The minimum absolute atomic E-state index is 0.147. The van der Waals surface area contributed by atoms with E-state index >= 15 is 0 Å². The predicted octanol–water partition coefficient (Wildman–Crippen LogP) is 2.70. The molecule has 0 saturated carbocycles. The average molecular weight is 409 g/mol. The first kappa shape index (κ1) is 16.3. The van der Waals surface area contributed by atoms with Crippen molar-refractivity contribution in [2.45, 2.75) is 0 Å². The fraction of sp³-hybridized carbons (Fsp3) is 0.125. The van der Waals surface area contributed by atoms with E-state index in [0.717, 1.165) is 9.26 Å². The number of carbonyl (C=O) groups is 2. The van der Waals surface area contributed by atoms with Crippen molar-refractivity contribution >= 4 is 45.8 Å². The number of halogens is 1. The molecular weight excluding hydrogens is 393 g/mol. The molecule has 0 atom stereocenters. The van der Waals surface area contributed by atoms with Gasteiger partial charge in [0.1, 0.15) is 0 Å². The second-order valence-electron chi connectivity index (χ2n) is 4.57. The molecule has 0 spiro atoms. The van der Waals surface area contributed by atoms with E-state index in [0.29, 0.717) is 11.3 Å². The number of carbonyl (C=O) groups excluding carboxylic acids is 2. The molecule has 2 rings (SSSR count). The van der Waals surface area contributed by atoms with E-state index in [-0.39, 0.29) is 18.4 Å². The van der Waals surface area contributed by atoms with Crippen LogP contribution in [-0.2, 0) is 4.79 Å². The molecule has 0 bridgehead atoms. The first-order valence-corrected chi connectivity index (χ1v) is 7.78. The lowest BCUT2D eigenvalue weighted by atomic mass is 10.2. The first-order chi connectivity index (χ1) is 10.6. The fourth-order valence-corrected chi connectivity index (χ4v) is 2.16. The SMILES string of the molecule is CNC(=O)c1ccc(NC(=O)CNc2ccc(I)cc2)cc1. The fourth-order valence-electron chi connectivity index (χ4n) is 1.80. The normalized spacial score (nSPS) is 9.91. The molecule has 5 nitrogen and oxygen atoms in total. The number of benzene rings is 2. The molecule has 2 amide bonds. The Kier molecular flexibility index (Phi) is 5.76. The van der Waals surface area contributed by atoms with Crippen LogP contribution >= 0.6 is 22.6 Å². The van der Waals surface area contributed by atoms with Crippen molar-refractivity contribution < 1.29 is 9.59 Å². The third kappa shape index (κ3) is 4.73. The minimum atomic E-state index is -0.154. The zero-order valence-corrected chi connectivity index (χ0v) is 14.2. The summed E-state index contributed by atoms with van der Waals surface area (Å²) in [5.74, 6) is -0.301. The molecule has 114 valence electrons. The molecular formula is C16H16IN3O2. The number of hydrogen-bond donors (Lipinski definition) is 3. The number of amides is 2. The van der Waals surface area contributed by atoms with Gasteiger partial charge in [0.15, 0.2) is 0 Å². The summed E-state index contributed by atoms with van der Waals surface area (Å²) in [6.45, 7) is 0.178. The van der Waals surface area contributed by atoms with Crippen molar-refractivity contribution in [2.24, 2.45) is 0 Å². The highest BCUT2D eigenvalue weighted by Crippen LogP contribution is 2.12. The van der Waals surface area contributed by atoms with Crippen molar-refractivity contribution in [1.82, 2.24) is 5.32 Å². The Morgan fingerprint density at radius 3 is 2.14 bits per heavy atom. The Labute approximate surface area is 142 Å². The van der Waals surface area contributed by atoms with Crippen molar-refractivity contribution in [3.05, 3.63) is 57.7 Å². The van der Waals surface area contributed by atoms with E-state index in [1.54, 1.807) is 31.3 Å². The third-order valence-electron chi connectivity index (χ3n) is 2.96. The second kappa shape index (κ2) is 7.79. The number of hydrogen-bond acceptors (Lipinski definition) is 3. The van der Waals surface area contributed by atoms with Crippen LogP contribution in [0.2, 0.25) is 0 Å². The second-order valence-corrected chi connectivity index (χ2v) is 5.81. The molecule has 0 aromatic heterocycles. The Hall–Kier alpha value is -2.09. The molecule has 6 heteroatoms. The molecule has 22 heavy (non-hydrogen) atoms. The van der Waals surface area contributed by atoms with E-state index in [1.165, 1.54) is 0 Å². The summed E-state index contributed by atoms with van der Waals surface area (Å²) >= 11 is 2.23. The first-order valence-electron chi connectivity index (χ1n) is 6.70. The van der Waals surface area contributed by atoms with E-state index < -0.39 is 0 Å². The predicted molar refractivity (Wildman–Crippen MR) is 96.1 cm³/mol. The standard InChI is InChI=1S/C16H16IN3O2/c1-18-16(22)11-2-6-14(7-3-11)20-15(21)10-19-13-8-4-12(17)5-9-13/h2-9,19H,10H2,1H3,(H,18,22)(H,20,21). The highest BCUT2D eigenvalue weighted by molar-refractivity contribution is 14.1. The zero-order chi connectivity index (χ0) is 15.9. The smallest absolute Gasteiger partial charge is 0.251 e. The zero-order valence-electron chi connectivity index (χ0n) is 12.0. The van der Waals surface area contributed by atoms with Gasteiger partial charge in [0.25, 0.3) is 5.91 Å². The summed E-state index contributed by atoms with van der Waals surface area (Å²) < 4.78 is 1.14. The average Bonchev–Trinajstić information content (AvgIpc) is 2.54. The molecule has 3 N–H and O–H groups in total. The summed E-state index contributed by atoms with van der Waals surface area (Å²) in [5.41, 5.74) is 2.10. The van der Waals surface area contributed by atoms with Gasteiger partial charge in [-0.2, -0.15) is 0 Å². The minimum Gasteiger partial charge on any atom is -0.376 e. The van der Waals surface area contributed by atoms with Crippen molar-refractivity contribution in [1.29, 1.82) is 0 Å². The number of anilines is 2. The molecule has 0 saturated heterocycles. The molecule has 0 unspecified atom stereocenters. The lowest BCUT2D eigenvalue weighted by Crippen LogP contribution is -2.22. The lowest BCUT2D eigenvalue weighted by molar-refractivity contribution is -0.114. The van der Waals surface area contributed by atoms with Crippen LogP contribution in [0, 0.1) is 3.57 Å². The lowest BCUT2D eigenvalue weighted by Gasteiger charge is -2.08. The molecule has 0 heterocycles. The van der Waals surface area contributed by atoms with Crippen LogP contribution in [0.15, 0.2) is 48.5 Å². The number of nitrogens with one attached hydrogen (secondary N) is 3. The summed E-state index contributed by atoms with van der Waals surface area (Å²) in [6, 6.07) is 14.5. The molecule has 0 aliphatic rings. The largest absolute Gasteiger partial charge is 0.376 e. The van der Waals surface area contributed by atoms with Gasteiger partial charge in [-0.25, -0.2) is 0 Å².